The molecule has 0 aromatic carbocycles. The van der Waals surface area contributed by atoms with E-state index < -0.39 is 0 Å². The predicted molar refractivity (Wildman–Crippen MR) is 95.2 cm³/mol. The molecule has 3 rings (SSSR count). The average molecular weight is 326 g/mol. The standard InChI is InChI=1S/C21H26O3/c1-13-6-5-7-17-12-18(23-16(17)4)10-14(2)11-20-19(9-8-13)15(3)21(22)24-20/h6,11-12,18-20H,3-5,7-10H2,1-2H3/b13-6+,14-11+/t18-,19-,20+/m1/s1. The highest BCUT2D eigenvalue weighted by molar-refractivity contribution is 5.91. The van der Waals surface area contributed by atoms with Crippen LogP contribution in [-0.4, -0.2) is 18.2 Å². The van der Waals surface area contributed by atoms with Gasteiger partial charge in [0.1, 0.15) is 18.0 Å². The van der Waals surface area contributed by atoms with Crippen LogP contribution in [0.1, 0.15) is 46.0 Å². The Morgan fingerprint density at radius 2 is 1.88 bits per heavy atom. The molecule has 2 heterocycles. The number of esters is 1. The van der Waals surface area contributed by atoms with Crippen LogP contribution < -0.4 is 0 Å². The summed E-state index contributed by atoms with van der Waals surface area (Å²) >= 11 is 0. The summed E-state index contributed by atoms with van der Waals surface area (Å²) in [6.45, 7) is 12.2. The number of carbonyl (C=O) groups is 1. The van der Waals surface area contributed by atoms with Crippen molar-refractivity contribution in [1.29, 1.82) is 0 Å². The first-order valence-electron chi connectivity index (χ1n) is 8.73. The van der Waals surface area contributed by atoms with Gasteiger partial charge >= 0.3 is 5.97 Å². The Hall–Kier alpha value is -2.03. The lowest BCUT2D eigenvalue weighted by molar-refractivity contribution is -0.137. The van der Waals surface area contributed by atoms with Crippen LogP contribution in [0.5, 0.6) is 0 Å². The van der Waals surface area contributed by atoms with Crippen LogP contribution in [0.3, 0.4) is 0 Å². The largest absolute Gasteiger partial charge is 0.486 e. The molecule has 0 unspecified atom stereocenters. The molecule has 3 aliphatic rings. The first-order chi connectivity index (χ1) is 11.4. The fourth-order valence-corrected chi connectivity index (χ4v) is 3.68. The predicted octanol–water partition coefficient (Wildman–Crippen LogP) is 4.78. The third kappa shape index (κ3) is 3.55. The van der Waals surface area contributed by atoms with E-state index in [1.807, 2.05) is 0 Å². The van der Waals surface area contributed by atoms with Gasteiger partial charge in [-0.15, -0.1) is 0 Å². The Morgan fingerprint density at radius 3 is 2.67 bits per heavy atom. The summed E-state index contributed by atoms with van der Waals surface area (Å²) in [7, 11) is 0. The fraction of sp³-hybridized carbons (Fsp3) is 0.476. The molecule has 2 bridgehead atoms. The third-order valence-corrected chi connectivity index (χ3v) is 5.12. The summed E-state index contributed by atoms with van der Waals surface area (Å²) in [5, 5.41) is 0. The van der Waals surface area contributed by atoms with Gasteiger partial charge in [-0.1, -0.05) is 30.4 Å². The van der Waals surface area contributed by atoms with E-state index in [4.69, 9.17) is 9.47 Å². The number of hydrogen-bond acceptors (Lipinski definition) is 3. The molecule has 0 radical (unpaired) electrons. The molecule has 24 heavy (non-hydrogen) atoms. The van der Waals surface area contributed by atoms with Gasteiger partial charge in [-0.3, -0.25) is 0 Å². The van der Waals surface area contributed by atoms with Crippen LogP contribution >= 0.6 is 0 Å². The van der Waals surface area contributed by atoms with Crippen molar-refractivity contribution in [3.05, 3.63) is 59.4 Å². The monoisotopic (exact) mass is 326 g/mol. The zero-order valence-electron chi connectivity index (χ0n) is 14.6. The SMILES string of the molecule is C=C1O[C@H]2C=C1CC/C=C(\C)CC[C@@H]1C(=C)C(=O)O[C@H]1/C=C(\C)C2. The lowest BCUT2D eigenvalue weighted by atomic mass is 9.89. The summed E-state index contributed by atoms with van der Waals surface area (Å²) in [5.74, 6) is 0.615. The quantitative estimate of drug-likeness (QED) is 0.365. The summed E-state index contributed by atoms with van der Waals surface area (Å²) < 4.78 is 11.4. The highest BCUT2D eigenvalue weighted by Gasteiger charge is 2.37. The first kappa shape index (κ1) is 16.8. The topological polar surface area (TPSA) is 35.5 Å². The molecule has 0 saturated carbocycles. The van der Waals surface area contributed by atoms with E-state index in [1.54, 1.807) is 0 Å². The molecule has 3 atom stereocenters. The Balaban J connectivity index is 1.86. The molecule has 0 aromatic heterocycles. The lowest BCUT2D eigenvalue weighted by Crippen LogP contribution is -2.15. The van der Waals surface area contributed by atoms with Crippen molar-refractivity contribution < 1.29 is 14.3 Å². The molecular formula is C21H26O3. The van der Waals surface area contributed by atoms with Crippen LogP contribution in [-0.2, 0) is 14.3 Å². The first-order valence-corrected chi connectivity index (χ1v) is 8.73. The summed E-state index contributed by atoms with van der Waals surface area (Å²) in [5.41, 5.74) is 4.34. The van der Waals surface area contributed by atoms with E-state index in [-0.39, 0.29) is 24.1 Å². The van der Waals surface area contributed by atoms with Crippen molar-refractivity contribution in [3.8, 4) is 0 Å². The van der Waals surface area contributed by atoms with Gasteiger partial charge in [0.2, 0.25) is 0 Å². The zero-order valence-corrected chi connectivity index (χ0v) is 14.6. The van der Waals surface area contributed by atoms with Gasteiger partial charge in [0, 0.05) is 17.9 Å². The average Bonchev–Trinajstić information content (AvgIpc) is 2.97. The van der Waals surface area contributed by atoms with Gasteiger partial charge < -0.3 is 9.47 Å². The van der Waals surface area contributed by atoms with Gasteiger partial charge in [0.05, 0.1) is 0 Å². The normalized spacial score (nSPS) is 35.7. The minimum atomic E-state index is -0.257. The molecule has 2 aliphatic heterocycles. The molecular weight excluding hydrogens is 300 g/mol. The Kier molecular flexibility index (Phi) is 4.79. The van der Waals surface area contributed by atoms with Crippen molar-refractivity contribution in [2.45, 2.75) is 58.2 Å². The Morgan fingerprint density at radius 1 is 1.08 bits per heavy atom. The van der Waals surface area contributed by atoms with Crippen LogP contribution in [0.2, 0.25) is 0 Å². The molecule has 1 aliphatic carbocycles. The van der Waals surface area contributed by atoms with Crippen LogP contribution in [0.4, 0.5) is 0 Å². The van der Waals surface area contributed by atoms with E-state index in [9.17, 15) is 4.79 Å². The molecule has 128 valence electrons. The molecule has 1 saturated heterocycles. The second kappa shape index (κ2) is 6.84. The summed E-state index contributed by atoms with van der Waals surface area (Å²) in [4.78, 5) is 11.9. The number of ether oxygens (including phenoxy) is 2. The highest BCUT2D eigenvalue weighted by atomic mass is 16.6. The molecule has 3 nitrogen and oxygen atoms in total. The Bertz CT molecular complexity index is 663. The van der Waals surface area contributed by atoms with Crippen molar-refractivity contribution in [2.75, 3.05) is 0 Å². The number of hydrogen-bond donors (Lipinski definition) is 0. The van der Waals surface area contributed by atoms with Gasteiger partial charge in [0.25, 0.3) is 0 Å². The van der Waals surface area contributed by atoms with E-state index in [1.165, 1.54) is 16.7 Å². The second-order valence-corrected chi connectivity index (χ2v) is 7.12. The third-order valence-electron chi connectivity index (χ3n) is 5.12. The number of fused-ring (bicyclic) bond motifs is 2. The van der Waals surface area contributed by atoms with Gasteiger partial charge in [-0.05, 0) is 57.3 Å². The fourth-order valence-electron chi connectivity index (χ4n) is 3.68. The maximum Gasteiger partial charge on any atom is 0.334 e. The molecule has 0 N–H and O–H groups in total. The zero-order chi connectivity index (χ0) is 17.3. The van der Waals surface area contributed by atoms with Crippen molar-refractivity contribution >= 4 is 5.97 Å². The molecule has 0 spiro atoms. The maximum atomic E-state index is 11.9. The van der Waals surface area contributed by atoms with E-state index in [0.717, 1.165) is 37.9 Å². The second-order valence-electron chi connectivity index (χ2n) is 7.12. The molecule has 1 fully saturated rings. The lowest BCUT2D eigenvalue weighted by Gasteiger charge is -2.17. The molecule has 3 heteroatoms. The van der Waals surface area contributed by atoms with E-state index in [2.05, 4.69) is 45.2 Å². The van der Waals surface area contributed by atoms with Crippen LogP contribution in [0.25, 0.3) is 0 Å². The van der Waals surface area contributed by atoms with E-state index >= 15 is 0 Å². The van der Waals surface area contributed by atoms with Gasteiger partial charge in [-0.25, -0.2) is 4.79 Å². The summed E-state index contributed by atoms with van der Waals surface area (Å²) in [6.07, 6.45) is 11.0. The van der Waals surface area contributed by atoms with Crippen LogP contribution in [0, 0.1) is 5.92 Å². The van der Waals surface area contributed by atoms with Gasteiger partial charge in [0.15, 0.2) is 0 Å². The van der Waals surface area contributed by atoms with Gasteiger partial charge in [-0.2, -0.15) is 0 Å². The summed E-state index contributed by atoms with van der Waals surface area (Å²) in [6, 6.07) is 0. The number of carbonyl (C=O) groups excluding carboxylic acids is 1. The molecule has 0 aromatic rings. The highest BCUT2D eigenvalue weighted by Crippen LogP contribution is 2.35. The maximum absolute atomic E-state index is 11.9. The minimum absolute atomic E-state index is 0.0375. The smallest absolute Gasteiger partial charge is 0.334 e. The Labute approximate surface area is 144 Å². The molecule has 0 amide bonds. The van der Waals surface area contributed by atoms with Crippen molar-refractivity contribution in [1.82, 2.24) is 0 Å². The number of allylic oxidation sites excluding steroid dienone is 3. The number of rotatable bonds is 0. The van der Waals surface area contributed by atoms with Crippen molar-refractivity contribution in [2.24, 2.45) is 5.92 Å². The minimum Gasteiger partial charge on any atom is -0.486 e. The van der Waals surface area contributed by atoms with Crippen LogP contribution in [0.15, 0.2) is 59.4 Å². The van der Waals surface area contributed by atoms with E-state index in [0.29, 0.717) is 5.57 Å². The van der Waals surface area contributed by atoms with Crippen molar-refractivity contribution in [3.63, 3.8) is 0 Å².